The molecule has 1 aromatic carbocycles. The van der Waals surface area contributed by atoms with Gasteiger partial charge in [0.1, 0.15) is 0 Å². The maximum Gasteiger partial charge on any atom is 0.155 e. The van der Waals surface area contributed by atoms with E-state index in [4.69, 9.17) is 11.6 Å². The van der Waals surface area contributed by atoms with E-state index in [0.29, 0.717) is 5.02 Å². The van der Waals surface area contributed by atoms with Gasteiger partial charge in [-0.2, -0.15) is 0 Å². The summed E-state index contributed by atoms with van der Waals surface area (Å²) in [5.74, 6) is 0.237. The van der Waals surface area contributed by atoms with Crippen LogP contribution < -0.4 is 0 Å². The predicted octanol–water partition coefficient (Wildman–Crippen LogP) is 3.81. The molecule has 0 fully saturated rings. The van der Waals surface area contributed by atoms with Crippen LogP contribution in [0.25, 0.3) is 10.9 Å². The molecule has 0 N–H and O–H groups in total. The Kier molecular flexibility index (Phi) is 3.92. The van der Waals surface area contributed by atoms with Crippen LogP contribution in [0.5, 0.6) is 0 Å². The van der Waals surface area contributed by atoms with Crippen molar-refractivity contribution in [2.45, 2.75) is 32.6 Å². The largest absolute Gasteiger partial charge is 0.341 e. The quantitative estimate of drug-likeness (QED) is 0.861. The lowest BCUT2D eigenvalue weighted by Gasteiger charge is -2.14. The van der Waals surface area contributed by atoms with E-state index < -0.39 is 9.84 Å². The molecule has 0 amide bonds. The van der Waals surface area contributed by atoms with Crippen LogP contribution in [-0.2, 0) is 15.6 Å². The maximum atomic E-state index is 11.8. The SMILES string of the molecule is CCS(=O)(=O)Cc1cc2cc(Cl)ccc2n1C(C)C. The standard InChI is InChI=1S/C14H18ClNO2S/c1-4-19(17,18)9-13-8-11-7-12(15)5-6-14(11)16(13)10(2)3/h5-8,10H,4,9H2,1-3H3. The first-order valence-electron chi connectivity index (χ1n) is 6.34. The van der Waals surface area contributed by atoms with Crippen LogP contribution >= 0.6 is 11.6 Å². The molecule has 0 saturated carbocycles. The van der Waals surface area contributed by atoms with Gasteiger partial charge in [0.25, 0.3) is 0 Å². The number of hydrogen-bond acceptors (Lipinski definition) is 2. The van der Waals surface area contributed by atoms with Gasteiger partial charge in [-0.05, 0) is 38.1 Å². The summed E-state index contributed by atoms with van der Waals surface area (Å²) in [5.41, 5.74) is 1.86. The summed E-state index contributed by atoms with van der Waals surface area (Å²) in [6.07, 6.45) is 0. The zero-order valence-electron chi connectivity index (χ0n) is 11.4. The van der Waals surface area contributed by atoms with Crippen molar-refractivity contribution in [3.05, 3.63) is 35.0 Å². The van der Waals surface area contributed by atoms with E-state index in [2.05, 4.69) is 18.4 Å². The van der Waals surface area contributed by atoms with Gasteiger partial charge in [0, 0.05) is 33.4 Å². The lowest BCUT2D eigenvalue weighted by atomic mass is 10.2. The number of fused-ring (bicyclic) bond motifs is 1. The smallest absolute Gasteiger partial charge is 0.155 e. The first-order valence-corrected chi connectivity index (χ1v) is 8.54. The molecule has 0 unspecified atom stereocenters. The van der Waals surface area contributed by atoms with Crippen LogP contribution in [0.3, 0.4) is 0 Å². The Balaban J connectivity index is 2.63. The van der Waals surface area contributed by atoms with Gasteiger partial charge < -0.3 is 4.57 Å². The van der Waals surface area contributed by atoms with Gasteiger partial charge >= 0.3 is 0 Å². The van der Waals surface area contributed by atoms with Gasteiger partial charge in [0.05, 0.1) is 5.75 Å². The molecule has 5 heteroatoms. The van der Waals surface area contributed by atoms with E-state index in [1.54, 1.807) is 6.92 Å². The minimum absolute atomic E-state index is 0.0774. The third-order valence-electron chi connectivity index (χ3n) is 3.20. The second kappa shape index (κ2) is 5.17. The number of rotatable bonds is 4. The molecule has 0 aliphatic rings. The van der Waals surface area contributed by atoms with Crippen molar-refractivity contribution in [2.24, 2.45) is 0 Å². The van der Waals surface area contributed by atoms with Crippen LogP contribution in [0, 0.1) is 0 Å². The lowest BCUT2D eigenvalue weighted by molar-refractivity contribution is 0.582. The van der Waals surface area contributed by atoms with Gasteiger partial charge in [-0.3, -0.25) is 0 Å². The average molecular weight is 300 g/mol. The zero-order valence-corrected chi connectivity index (χ0v) is 12.9. The summed E-state index contributed by atoms with van der Waals surface area (Å²) in [5, 5.41) is 1.65. The highest BCUT2D eigenvalue weighted by atomic mass is 35.5. The van der Waals surface area contributed by atoms with Crippen LogP contribution in [0.4, 0.5) is 0 Å². The van der Waals surface area contributed by atoms with Gasteiger partial charge in [-0.15, -0.1) is 0 Å². The normalized spacial score (nSPS) is 12.5. The van der Waals surface area contributed by atoms with Crippen LogP contribution in [0.1, 0.15) is 32.5 Å². The number of sulfone groups is 1. The summed E-state index contributed by atoms with van der Waals surface area (Å²) < 4.78 is 25.8. The maximum absolute atomic E-state index is 11.8. The lowest BCUT2D eigenvalue weighted by Crippen LogP contribution is -2.12. The second-order valence-corrected chi connectivity index (χ2v) is 7.77. The fourth-order valence-electron chi connectivity index (χ4n) is 2.31. The number of benzene rings is 1. The minimum Gasteiger partial charge on any atom is -0.341 e. The van der Waals surface area contributed by atoms with Crippen molar-refractivity contribution in [1.29, 1.82) is 0 Å². The van der Waals surface area contributed by atoms with Crippen molar-refractivity contribution in [1.82, 2.24) is 4.57 Å². The Morgan fingerprint density at radius 1 is 1.26 bits per heavy atom. The summed E-state index contributed by atoms with van der Waals surface area (Å²) in [7, 11) is -3.04. The van der Waals surface area contributed by atoms with Gasteiger partial charge in [-0.25, -0.2) is 8.42 Å². The van der Waals surface area contributed by atoms with Gasteiger partial charge in [0.15, 0.2) is 9.84 Å². The zero-order chi connectivity index (χ0) is 14.2. The molecule has 3 nitrogen and oxygen atoms in total. The molecule has 1 heterocycles. The Morgan fingerprint density at radius 2 is 1.95 bits per heavy atom. The van der Waals surface area contributed by atoms with E-state index in [0.717, 1.165) is 16.6 Å². The number of nitrogens with zero attached hydrogens (tertiary/aromatic N) is 1. The molecule has 1 aromatic heterocycles. The molecule has 2 rings (SSSR count). The predicted molar refractivity (Wildman–Crippen MR) is 80.5 cm³/mol. The molecular weight excluding hydrogens is 282 g/mol. The monoisotopic (exact) mass is 299 g/mol. The molecular formula is C14H18ClNO2S. The highest BCUT2D eigenvalue weighted by molar-refractivity contribution is 7.90. The number of aromatic nitrogens is 1. The number of halogens is 1. The van der Waals surface area contributed by atoms with Crippen molar-refractivity contribution >= 4 is 32.3 Å². The highest BCUT2D eigenvalue weighted by Gasteiger charge is 2.17. The van der Waals surface area contributed by atoms with E-state index in [1.165, 1.54) is 0 Å². The first kappa shape index (κ1) is 14.4. The molecule has 2 aromatic rings. The summed E-state index contributed by atoms with van der Waals surface area (Å²) in [4.78, 5) is 0. The average Bonchev–Trinajstić information content (AvgIpc) is 2.65. The van der Waals surface area contributed by atoms with Crippen LogP contribution in [0.2, 0.25) is 5.02 Å². The molecule has 0 radical (unpaired) electrons. The van der Waals surface area contributed by atoms with E-state index in [1.807, 2.05) is 24.3 Å². The van der Waals surface area contributed by atoms with Crippen molar-refractivity contribution < 1.29 is 8.42 Å². The van der Waals surface area contributed by atoms with Gasteiger partial charge in [-0.1, -0.05) is 18.5 Å². The van der Waals surface area contributed by atoms with Gasteiger partial charge in [0.2, 0.25) is 0 Å². The molecule has 0 aliphatic heterocycles. The van der Waals surface area contributed by atoms with Crippen molar-refractivity contribution in [3.8, 4) is 0 Å². The third-order valence-corrected chi connectivity index (χ3v) is 5.06. The van der Waals surface area contributed by atoms with Crippen molar-refractivity contribution in [2.75, 3.05) is 5.75 Å². The van der Waals surface area contributed by atoms with E-state index in [-0.39, 0.29) is 17.5 Å². The topological polar surface area (TPSA) is 39.1 Å². The third kappa shape index (κ3) is 2.95. The minimum atomic E-state index is -3.04. The molecule has 0 aliphatic carbocycles. The van der Waals surface area contributed by atoms with E-state index >= 15 is 0 Å². The Morgan fingerprint density at radius 3 is 2.53 bits per heavy atom. The fourth-order valence-corrected chi connectivity index (χ4v) is 3.37. The second-order valence-electron chi connectivity index (χ2n) is 4.98. The van der Waals surface area contributed by atoms with E-state index in [9.17, 15) is 8.42 Å². The van der Waals surface area contributed by atoms with Crippen LogP contribution in [-0.4, -0.2) is 18.7 Å². The summed E-state index contributed by atoms with van der Waals surface area (Å²) >= 11 is 5.99. The molecule has 0 saturated heterocycles. The summed E-state index contributed by atoms with van der Waals surface area (Å²) in [6, 6.07) is 7.79. The Hall–Kier alpha value is -1.00. The molecule has 0 spiro atoms. The van der Waals surface area contributed by atoms with Crippen LogP contribution in [0.15, 0.2) is 24.3 Å². The molecule has 0 atom stereocenters. The first-order chi connectivity index (χ1) is 8.84. The number of hydrogen-bond donors (Lipinski definition) is 0. The Bertz CT molecular complexity index is 702. The molecule has 0 bridgehead atoms. The Labute approximate surface area is 119 Å². The van der Waals surface area contributed by atoms with Crippen molar-refractivity contribution in [3.63, 3.8) is 0 Å². The fraction of sp³-hybridized carbons (Fsp3) is 0.429. The highest BCUT2D eigenvalue weighted by Crippen LogP contribution is 2.27. The molecule has 19 heavy (non-hydrogen) atoms. The molecule has 104 valence electrons. The summed E-state index contributed by atoms with van der Waals surface area (Å²) in [6.45, 7) is 5.78.